The number of hydroxylamine groups is 2. The molecule has 0 aliphatic carbocycles. The molecule has 0 saturated carbocycles. The molecule has 2 aliphatic rings. The van der Waals surface area contributed by atoms with Crippen molar-refractivity contribution >= 4 is 0 Å². The summed E-state index contributed by atoms with van der Waals surface area (Å²) in [4.78, 5) is 0. The molecular weight excluding hydrogens is 114 g/mol. The zero-order valence-corrected chi connectivity index (χ0v) is 5.71. The molecule has 2 heterocycles. The average Bonchev–Trinajstić information content (AvgIpc) is 2.25. The summed E-state index contributed by atoms with van der Waals surface area (Å²) in [5, 5.41) is 12.4. The maximum atomic E-state index is 11.1. The molecule has 3 unspecified atom stereocenters. The van der Waals surface area contributed by atoms with Crippen LogP contribution >= 0.6 is 0 Å². The summed E-state index contributed by atoms with van der Waals surface area (Å²) in [7, 11) is 0. The van der Waals surface area contributed by atoms with Crippen molar-refractivity contribution in [3.63, 3.8) is 0 Å². The zero-order chi connectivity index (χ0) is 6.43. The van der Waals surface area contributed by atoms with Crippen molar-refractivity contribution < 1.29 is 5.21 Å². The van der Waals surface area contributed by atoms with E-state index in [2.05, 4.69) is 6.92 Å². The summed E-state index contributed by atoms with van der Waals surface area (Å²) in [5.41, 5.74) is 0. The standard InChI is InChI=1S/C7H12NO/c1-5-4-6-2-3-7(5)8(6)9/h5-7H,2-4H2,1H3. The Morgan fingerprint density at radius 1 is 1.44 bits per heavy atom. The van der Waals surface area contributed by atoms with E-state index < -0.39 is 0 Å². The third-order valence-electron chi connectivity index (χ3n) is 2.78. The van der Waals surface area contributed by atoms with E-state index in [-0.39, 0.29) is 0 Å². The van der Waals surface area contributed by atoms with Gasteiger partial charge in [0.25, 0.3) is 0 Å². The minimum atomic E-state index is 0.384. The molecule has 0 aromatic rings. The highest BCUT2D eigenvalue weighted by atomic mass is 16.5. The lowest BCUT2D eigenvalue weighted by Gasteiger charge is -2.13. The molecule has 2 aliphatic heterocycles. The molecule has 0 aromatic heterocycles. The molecule has 2 nitrogen and oxygen atoms in total. The number of nitrogens with zero attached hydrogens (tertiary/aromatic N) is 1. The van der Waals surface area contributed by atoms with Crippen LogP contribution in [-0.4, -0.2) is 17.1 Å². The van der Waals surface area contributed by atoms with Crippen molar-refractivity contribution in [2.75, 3.05) is 0 Å². The highest BCUT2D eigenvalue weighted by Crippen LogP contribution is 2.39. The van der Waals surface area contributed by atoms with Crippen LogP contribution in [0.25, 0.3) is 0 Å². The van der Waals surface area contributed by atoms with E-state index >= 15 is 0 Å². The molecule has 0 aromatic carbocycles. The first-order valence-corrected chi connectivity index (χ1v) is 3.74. The van der Waals surface area contributed by atoms with Gasteiger partial charge >= 0.3 is 0 Å². The van der Waals surface area contributed by atoms with Crippen LogP contribution in [0.15, 0.2) is 0 Å². The molecule has 0 N–H and O–H groups in total. The van der Waals surface area contributed by atoms with Crippen LogP contribution in [0.5, 0.6) is 0 Å². The van der Waals surface area contributed by atoms with Crippen LogP contribution in [0.2, 0.25) is 0 Å². The molecule has 2 bridgehead atoms. The summed E-state index contributed by atoms with van der Waals surface area (Å²) >= 11 is 0. The lowest BCUT2D eigenvalue weighted by atomic mass is 9.91. The van der Waals surface area contributed by atoms with Crippen molar-refractivity contribution in [2.45, 2.75) is 38.3 Å². The molecular formula is C7H12NO. The molecule has 3 atom stereocenters. The van der Waals surface area contributed by atoms with Crippen LogP contribution in [0.4, 0.5) is 0 Å². The van der Waals surface area contributed by atoms with Gasteiger partial charge in [0, 0.05) is 12.1 Å². The second-order valence-corrected chi connectivity index (χ2v) is 3.37. The molecule has 2 heteroatoms. The van der Waals surface area contributed by atoms with Crippen LogP contribution in [-0.2, 0) is 5.21 Å². The van der Waals surface area contributed by atoms with Gasteiger partial charge in [-0.1, -0.05) is 6.92 Å². The SMILES string of the molecule is CC1CC2CCC1N2[O]. The van der Waals surface area contributed by atoms with E-state index in [9.17, 15) is 5.21 Å². The van der Waals surface area contributed by atoms with Gasteiger partial charge in [-0.2, -0.15) is 0 Å². The third kappa shape index (κ3) is 0.634. The number of hydrogen-bond acceptors (Lipinski definition) is 1. The topological polar surface area (TPSA) is 23.1 Å². The first-order chi connectivity index (χ1) is 4.29. The van der Waals surface area contributed by atoms with Gasteiger partial charge in [-0.25, -0.2) is 0 Å². The Kier molecular flexibility index (Phi) is 1.08. The number of hydrogen-bond donors (Lipinski definition) is 0. The fourth-order valence-corrected chi connectivity index (χ4v) is 2.23. The fourth-order valence-electron chi connectivity index (χ4n) is 2.23. The molecule has 2 saturated heterocycles. The predicted octanol–water partition coefficient (Wildman–Crippen LogP) is 1.20. The van der Waals surface area contributed by atoms with Gasteiger partial charge in [0.1, 0.15) is 0 Å². The molecule has 2 fully saturated rings. The van der Waals surface area contributed by atoms with Gasteiger partial charge < -0.3 is 0 Å². The summed E-state index contributed by atoms with van der Waals surface area (Å²) in [5.74, 6) is 0.668. The van der Waals surface area contributed by atoms with Gasteiger partial charge in [0.15, 0.2) is 0 Å². The Balaban J connectivity index is 2.16. The van der Waals surface area contributed by atoms with Crippen LogP contribution in [0.3, 0.4) is 0 Å². The van der Waals surface area contributed by atoms with Gasteiger partial charge in [0.2, 0.25) is 0 Å². The Labute approximate surface area is 55.4 Å². The maximum absolute atomic E-state index is 11.1. The molecule has 9 heavy (non-hydrogen) atoms. The summed E-state index contributed by atoms with van der Waals surface area (Å²) in [6, 6.07) is 0.778. The molecule has 2 rings (SSSR count). The van der Waals surface area contributed by atoms with Crippen LogP contribution < -0.4 is 0 Å². The summed E-state index contributed by atoms with van der Waals surface area (Å²) < 4.78 is 0. The Bertz CT molecular complexity index is 126. The Hall–Kier alpha value is -0.0800. The monoisotopic (exact) mass is 126 g/mol. The summed E-state index contributed by atoms with van der Waals surface area (Å²) in [6.45, 7) is 2.19. The van der Waals surface area contributed by atoms with Gasteiger partial charge in [-0.05, 0) is 25.2 Å². The molecule has 0 spiro atoms. The maximum Gasteiger partial charge on any atom is 0.0413 e. The third-order valence-corrected chi connectivity index (χ3v) is 2.78. The van der Waals surface area contributed by atoms with E-state index in [1.165, 1.54) is 5.06 Å². The normalized spacial score (nSPS) is 50.7. The van der Waals surface area contributed by atoms with Crippen molar-refractivity contribution in [1.82, 2.24) is 5.06 Å². The molecule has 0 amide bonds. The molecule has 1 radical (unpaired) electrons. The van der Waals surface area contributed by atoms with Gasteiger partial charge in [0.05, 0.1) is 0 Å². The van der Waals surface area contributed by atoms with E-state index in [0.29, 0.717) is 18.0 Å². The minimum absolute atomic E-state index is 0.384. The second-order valence-electron chi connectivity index (χ2n) is 3.37. The van der Waals surface area contributed by atoms with Gasteiger partial charge in [-0.3, -0.25) is 0 Å². The van der Waals surface area contributed by atoms with Crippen molar-refractivity contribution in [3.05, 3.63) is 0 Å². The summed E-state index contributed by atoms with van der Waals surface area (Å²) in [6.07, 6.45) is 3.45. The Morgan fingerprint density at radius 3 is 2.44 bits per heavy atom. The Morgan fingerprint density at radius 2 is 2.22 bits per heavy atom. The average molecular weight is 126 g/mol. The largest absolute Gasteiger partial charge is 0.149 e. The van der Waals surface area contributed by atoms with Crippen molar-refractivity contribution in [3.8, 4) is 0 Å². The van der Waals surface area contributed by atoms with Crippen molar-refractivity contribution in [1.29, 1.82) is 0 Å². The zero-order valence-electron chi connectivity index (χ0n) is 5.71. The van der Waals surface area contributed by atoms with E-state index in [4.69, 9.17) is 0 Å². The fraction of sp³-hybridized carbons (Fsp3) is 1.00. The van der Waals surface area contributed by atoms with E-state index in [1.807, 2.05) is 0 Å². The lowest BCUT2D eigenvalue weighted by molar-refractivity contribution is -0.175. The molecule has 51 valence electrons. The highest BCUT2D eigenvalue weighted by Gasteiger charge is 2.44. The van der Waals surface area contributed by atoms with E-state index in [1.54, 1.807) is 0 Å². The first-order valence-electron chi connectivity index (χ1n) is 3.74. The number of fused-ring (bicyclic) bond motifs is 2. The highest BCUT2D eigenvalue weighted by molar-refractivity contribution is 4.94. The quantitative estimate of drug-likeness (QED) is 0.478. The lowest BCUT2D eigenvalue weighted by Crippen LogP contribution is -2.23. The second kappa shape index (κ2) is 1.70. The minimum Gasteiger partial charge on any atom is -0.149 e. The van der Waals surface area contributed by atoms with Crippen molar-refractivity contribution in [2.24, 2.45) is 5.92 Å². The van der Waals surface area contributed by atoms with E-state index in [0.717, 1.165) is 19.3 Å². The smallest absolute Gasteiger partial charge is 0.0413 e. The van der Waals surface area contributed by atoms with Crippen LogP contribution in [0.1, 0.15) is 26.2 Å². The van der Waals surface area contributed by atoms with Gasteiger partial charge in [-0.15, -0.1) is 10.3 Å². The van der Waals surface area contributed by atoms with Crippen LogP contribution in [0, 0.1) is 5.92 Å². The number of rotatable bonds is 0. The first kappa shape index (κ1) is 5.69. The predicted molar refractivity (Wildman–Crippen MR) is 33.1 cm³/mol.